The van der Waals surface area contributed by atoms with Crippen LogP contribution in [0, 0.1) is 17.7 Å². The van der Waals surface area contributed by atoms with Crippen molar-refractivity contribution in [3.8, 4) is 0 Å². The summed E-state index contributed by atoms with van der Waals surface area (Å²) in [4.78, 5) is 45.7. The van der Waals surface area contributed by atoms with Crippen LogP contribution in [-0.2, 0) is 16.1 Å². The Hall–Kier alpha value is -2.56. The third-order valence-electron chi connectivity index (χ3n) is 9.50. The maximum atomic E-state index is 15.2. The summed E-state index contributed by atoms with van der Waals surface area (Å²) in [7, 11) is 0. The zero-order chi connectivity index (χ0) is 26.9. The summed E-state index contributed by atoms with van der Waals surface area (Å²) in [5.41, 5.74) is 1.64. The van der Waals surface area contributed by atoms with E-state index >= 15 is 4.39 Å². The molecule has 1 unspecified atom stereocenters. The average Bonchev–Trinajstić information content (AvgIpc) is 3.25. The van der Waals surface area contributed by atoms with Crippen LogP contribution in [-0.4, -0.2) is 104 Å². The molecule has 5 heterocycles. The zero-order valence-electron chi connectivity index (χ0n) is 22.8. The smallest absolute Gasteiger partial charge is 0.255 e. The maximum absolute atomic E-state index is 15.2. The van der Waals surface area contributed by atoms with Gasteiger partial charge < -0.3 is 24.9 Å². The molecule has 1 atom stereocenters. The van der Waals surface area contributed by atoms with Crippen molar-refractivity contribution in [2.75, 3.05) is 70.3 Å². The molecule has 4 fully saturated rings. The van der Waals surface area contributed by atoms with Crippen molar-refractivity contribution in [2.45, 2.75) is 51.1 Å². The number of piperidine rings is 3. The topological polar surface area (TPSA) is 88.2 Å². The van der Waals surface area contributed by atoms with Crippen molar-refractivity contribution >= 4 is 23.4 Å². The van der Waals surface area contributed by atoms with E-state index in [9.17, 15) is 14.4 Å². The number of carbonyl (C=O) groups excluding carboxylic acids is 3. The van der Waals surface area contributed by atoms with E-state index in [4.69, 9.17) is 0 Å². The molecule has 5 aliphatic rings. The SMILES string of the molecule is O=C1CCC(N2Cc3cc(N4CCC(CN5CCN(CC6CCNCC6)CC5)CC4)c(F)cc3C2=O)C(=O)N1. The summed E-state index contributed by atoms with van der Waals surface area (Å²) >= 11 is 0. The standard InChI is InChI=1S/C29H41FN6O3/c30-24-16-23-22(19-36(29(23)39)25-1-2-27(37)32-28(25)38)15-26(24)35-9-5-21(6-10-35)18-34-13-11-33(12-14-34)17-20-3-7-31-8-4-20/h15-16,20-21,25,31H,1-14,17-19H2,(H,32,37,38). The molecular weight excluding hydrogens is 499 g/mol. The number of hydrogen-bond donors (Lipinski definition) is 2. The molecular formula is C29H41FN6O3. The van der Waals surface area contributed by atoms with Crippen molar-refractivity contribution in [3.63, 3.8) is 0 Å². The monoisotopic (exact) mass is 540 g/mol. The van der Waals surface area contributed by atoms with Gasteiger partial charge in [0.05, 0.1) is 5.69 Å². The lowest BCUT2D eigenvalue weighted by atomic mass is 9.94. The van der Waals surface area contributed by atoms with E-state index in [0.29, 0.717) is 23.6 Å². The predicted molar refractivity (Wildman–Crippen MR) is 146 cm³/mol. The summed E-state index contributed by atoms with van der Waals surface area (Å²) in [6.07, 6.45) is 5.19. The second-order valence-electron chi connectivity index (χ2n) is 12.1. The predicted octanol–water partition coefficient (Wildman–Crippen LogP) is 1.42. The van der Waals surface area contributed by atoms with Gasteiger partial charge in [-0.05, 0) is 74.7 Å². The summed E-state index contributed by atoms with van der Waals surface area (Å²) in [5, 5.41) is 5.78. The average molecular weight is 541 g/mol. The minimum absolute atomic E-state index is 0.207. The van der Waals surface area contributed by atoms with Crippen molar-refractivity contribution in [1.29, 1.82) is 0 Å². The number of halogens is 1. The lowest BCUT2D eigenvalue weighted by molar-refractivity contribution is -0.136. The molecule has 9 nitrogen and oxygen atoms in total. The number of carbonyl (C=O) groups is 3. The Morgan fingerprint density at radius 2 is 1.46 bits per heavy atom. The Labute approximate surface area is 230 Å². The first-order chi connectivity index (χ1) is 18.9. The maximum Gasteiger partial charge on any atom is 0.255 e. The lowest BCUT2D eigenvalue weighted by Crippen LogP contribution is -2.52. The molecule has 5 aliphatic heterocycles. The molecule has 2 N–H and O–H groups in total. The number of piperazine rings is 1. The van der Waals surface area contributed by atoms with Gasteiger partial charge in [-0.3, -0.25) is 19.7 Å². The summed E-state index contributed by atoms with van der Waals surface area (Å²) in [5.74, 6) is 0.0000863. The number of nitrogens with zero attached hydrogens (tertiary/aromatic N) is 4. The zero-order valence-corrected chi connectivity index (χ0v) is 22.8. The molecule has 0 radical (unpaired) electrons. The van der Waals surface area contributed by atoms with Gasteiger partial charge in [-0.25, -0.2) is 4.39 Å². The summed E-state index contributed by atoms with van der Waals surface area (Å²) in [6.45, 7) is 11.2. The van der Waals surface area contributed by atoms with E-state index in [2.05, 4.69) is 25.3 Å². The normalized spacial score (nSPS) is 26.3. The third-order valence-corrected chi connectivity index (χ3v) is 9.50. The van der Waals surface area contributed by atoms with Gasteiger partial charge in [-0.2, -0.15) is 0 Å². The second kappa shape index (κ2) is 11.5. The first-order valence-corrected chi connectivity index (χ1v) is 14.8. The summed E-state index contributed by atoms with van der Waals surface area (Å²) in [6, 6.07) is 2.46. The van der Waals surface area contributed by atoms with Gasteiger partial charge >= 0.3 is 0 Å². The number of imide groups is 1. The molecule has 212 valence electrons. The number of rotatable bonds is 6. The Morgan fingerprint density at radius 3 is 2.10 bits per heavy atom. The number of amides is 3. The molecule has 1 aromatic carbocycles. The van der Waals surface area contributed by atoms with Crippen LogP contribution in [0.3, 0.4) is 0 Å². The van der Waals surface area contributed by atoms with E-state index in [-0.39, 0.29) is 30.6 Å². The Bertz CT molecular complexity index is 1090. The minimum Gasteiger partial charge on any atom is -0.369 e. The molecule has 3 amide bonds. The fourth-order valence-electron chi connectivity index (χ4n) is 7.12. The third kappa shape index (κ3) is 5.83. The van der Waals surface area contributed by atoms with Crippen LogP contribution in [0.2, 0.25) is 0 Å². The fourth-order valence-corrected chi connectivity index (χ4v) is 7.12. The molecule has 0 spiro atoms. The van der Waals surface area contributed by atoms with Gasteiger partial charge in [0.25, 0.3) is 5.91 Å². The van der Waals surface area contributed by atoms with Crippen LogP contribution in [0.5, 0.6) is 0 Å². The van der Waals surface area contributed by atoms with Gasteiger partial charge in [0.1, 0.15) is 11.9 Å². The van der Waals surface area contributed by atoms with Gasteiger partial charge in [0.2, 0.25) is 11.8 Å². The Kier molecular flexibility index (Phi) is 7.86. The van der Waals surface area contributed by atoms with Crippen molar-refractivity contribution in [2.24, 2.45) is 11.8 Å². The minimum atomic E-state index is -0.684. The molecule has 0 bridgehead atoms. The number of fused-ring (bicyclic) bond motifs is 1. The van der Waals surface area contributed by atoms with Crippen LogP contribution < -0.4 is 15.5 Å². The van der Waals surface area contributed by atoms with Gasteiger partial charge in [-0.1, -0.05) is 0 Å². The molecule has 6 rings (SSSR count). The molecule has 0 saturated carbocycles. The summed E-state index contributed by atoms with van der Waals surface area (Å²) < 4.78 is 15.2. The highest BCUT2D eigenvalue weighted by molar-refractivity contribution is 6.05. The van der Waals surface area contributed by atoms with E-state index in [0.717, 1.165) is 83.2 Å². The van der Waals surface area contributed by atoms with Crippen LogP contribution in [0.25, 0.3) is 0 Å². The van der Waals surface area contributed by atoms with Crippen molar-refractivity contribution in [3.05, 3.63) is 29.1 Å². The van der Waals surface area contributed by atoms with E-state index in [1.165, 1.54) is 30.4 Å². The highest BCUT2D eigenvalue weighted by atomic mass is 19.1. The quantitative estimate of drug-likeness (QED) is 0.528. The Morgan fingerprint density at radius 1 is 0.821 bits per heavy atom. The van der Waals surface area contributed by atoms with Crippen LogP contribution >= 0.6 is 0 Å². The molecule has 0 aromatic heterocycles. The van der Waals surface area contributed by atoms with Crippen LogP contribution in [0.4, 0.5) is 10.1 Å². The van der Waals surface area contributed by atoms with Crippen molar-refractivity contribution < 1.29 is 18.8 Å². The number of anilines is 1. The van der Waals surface area contributed by atoms with Crippen LogP contribution in [0.1, 0.15) is 54.4 Å². The highest BCUT2D eigenvalue weighted by Gasteiger charge is 2.40. The molecule has 0 aliphatic carbocycles. The lowest BCUT2D eigenvalue weighted by Gasteiger charge is -2.40. The van der Waals surface area contributed by atoms with Gasteiger partial charge in [0.15, 0.2) is 0 Å². The second-order valence-corrected chi connectivity index (χ2v) is 12.1. The molecule has 10 heteroatoms. The van der Waals surface area contributed by atoms with Gasteiger partial charge in [0, 0.05) is 70.9 Å². The molecule has 1 aromatic rings. The largest absolute Gasteiger partial charge is 0.369 e. The number of hydrogen-bond acceptors (Lipinski definition) is 7. The van der Waals surface area contributed by atoms with E-state index in [1.54, 1.807) is 6.07 Å². The first kappa shape index (κ1) is 26.7. The van der Waals surface area contributed by atoms with Gasteiger partial charge in [-0.15, -0.1) is 0 Å². The number of nitrogens with one attached hydrogen (secondary N) is 2. The van der Waals surface area contributed by atoms with Crippen molar-refractivity contribution in [1.82, 2.24) is 25.3 Å². The molecule has 4 saturated heterocycles. The Balaban J connectivity index is 0.995. The number of benzene rings is 1. The molecule has 39 heavy (non-hydrogen) atoms. The van der Waals surface area contributed by atoms with Crippen LogP contribution in [0.15, 0.2) is 12.1 Å². The van der Waals surface area contributed by atoms with E-state index in [1.807, 2.05) is 0 Å². The first-order valence-electron chi connectivity index (χ1n) is 14.8. The highest BCUT2D eigenvalue weighted by Crippen LogP contribution is 2.34. The fraction of sp³-hybridized carbons (Fsp3) is 0.690. The van der Waals surface area contributed by atoms with E-state index < -0.39 is 11.9 Å².